The SMILES string of the molecule is CCCc1ccc(-c2cc(=NS(=O)(=O)c3ccccc3)ss2)cc1. The Hall–Kier alpha value is -1.76. The van der Waals surface area contributed by atoms with Crippen LogP contribution in [0.1, 0.15) is 18.9 Å². The summed E-state index contributed by atoms with van der Waals surface area (Å²) in [5.41, 5.74) is 2.41. The molecule has 0 aliphatic heterocycles. The minimum Gasteiger partial charge on any atom is -0.199 e. The van der Waals surface area contributed by atoms with Crippen LogP contribution in [0.3, 0.4) is 0 Å². The van der Waals surface area contributed by atoms with E-state index in [2.05, 4.69) is 35.6 Å². The number of sulfonamides is 1. The van der Waals surface area contributed by atoms with E-state index in [9.17, 15) is 8.42 Å². The average Bonchev–Trinajstić information content (AvgIpc) is 3.04. The van der Waals surface area contributed by atoms with E-state index in [1.807, 2.05) is 6.07 Å². The van der Waals surface area contributed by atoms with Crippen LogP contribution in [0, 0.1) is 0 Å². The van der Waals surface area contributed by atoms with Crippen molar-refractivity contribution < 1.29 is 8.42 Å². The zero-order valence-corrected chi connectivity index (χ0v) is 15.6. The summed E-state index contributed by atoms with van der Waals surface area (Å²) < 4.78 is 29.1. The molecule has 0 fully saturated rings. The van der Waals surface area contributed by atoms with E-state index in [0.717, 1.165) is 23.3 Å². The van der Waals surface area contributed by atoms with Crippen LogP contribution in [-0.4, -0.2) is 8.42 Å². The van der Waals surface area contributed by atoms with Gasteiger partial charge < -0.3 is 0 Å². The summed E-state index contributed by atoms with van der Waals surface area (Å²) in [7, 11) is -0.737. The molecule has 0 aliphatic carbocycles. The predicted octanol–water partition coefficient (Wildman–Crippen LogP) is 4.72. The number of aryl methyl sites for hydroxylation is 1. The van der Waals surface area contributed by atoms with Gasteiger partial charge in [-0.2, -0.15) is 8.42 Å². The van der Waals surface area contributed by atoms with Crippen molar-refractivity contribution in [1.82, 2.24) is 0 Å². The molecule has 0 spiro atoms. The van der Waals surface area contributed by atoms with Crippen LogP contribution in [0.15, 0.2) is 70.0 Å². The van der Waals surface area contributed by atoms with E-state index >= 15 is 0 Å². The van der Waals surface area contributed by atoms with Gasteiger partial charge in [0.25, 0.3) is 10.0 Å². The van der Waals surface area contributed by atoms with Crippen molar-refractivity contribution in [2.24, 2.45) is 4.40 Å². The van der Waals surface area contributed by atoms with Gasteiger partial charge >= 0.3 is 0 Å². The Balaban J connectivity index is 1.90. The highest BCUT2D eigenvalue weighted by atomic mass is 32.9. The van der Waals surface area contributed by atoms with Gasteiger partial charge in [-0.05, 0) is 35.7 Å². The van der Waals surface area contributed by atoms with Crippen LogP contribution in [0.25, 0.3) is 10.4 Å². The van der Waals surface area contributed by atoms with Crippen molar-refractivity contribution in [3.05, 3.63) is 70.9 Å². The number of nitrogens with zero attached hydrogens (tertiary/aromatic N) is 1. The summed E-state index contributed by atoms with van der Waals surface area (Å²) in [5.74, 6) is 0. The van der Waals surface area contributed by atoms with E-state index < -0.39 is 10.0 Å². The summed E-state index contributed by atoms with van der Waals surface area (Å²) in [4.78, 5) is 1.25. The minimum atomic E-state index is -3.65. The maximum atomic E-state index is 12.3. The molecule has 0 radical (unpaired) electrons. The van der Waals surface area contributed by atoms with Crippen molar-refractivity contribution in [2.45, 2.75) is 24.7 Å². The highest BCUT2D eigenvalue weighted by molar-refractivity contribution is 7.90. The standard InChI is InChI=1S/C18H17NO2S3/c1-2-6-14-9-11-15(12-10-14)17-13-18(23-22-17)19-24(20,21)16-7-4-3-5-8-16/h3-5,7-13H,2,6H2,1H3. The summed E-state index contributed by atoms with van der Waals surface area (Å²) in [6.07, 6.45) is 2.20. The van der Waals surface area contributed by atoms with E-state index in [0.29, 0.717) is 4.67 Å². The molecular formula is C18H17NO2S3. The molecule has 3 aromatic rings. The lowest BCUT2D eigenvalue weighted by molar-refractivity contribution is 0.597. The van der Waals surface area contributed by atoms with Gasteiger partial charge in [0.15, 0.2) is 0 Å². The van der Waals surface area contributed by atoms with Crippen LogP contribution >= 0.6 is 20.7 Å². The molecular weight excluding hydrogens is 358 g/mol. The lowest BCUT2D eigenvalue weighted by Gasteiger charge is -2.00. The van der Waals surface area contributed by atoms with E-state index in [1.54, 1.807) is 40.7 Å². The Morgan fingerprint density at radius 3 is 2.33 bits per heavy atom. The van der Waals surface area contributed by atoms with Gasteiger partial charge in [-0.25, -0.2) is 0 Å². The van der Waals surface area contributed by atoms with Crippen LogP contribution in [0.2, 0.25) is 0 Å². The molecule has 0 amide bonds. The van der Waals surface area contributed by atoms with Gasteiger partial charge in [-0.3, -0.25) is 0 Å². The number of hydrogen-bond acceptors (Lipinski definition) is 4. The smallest absolute Gasteiger partial charge is 0.199 e. The molecule has 0 bridgehead atoms. The second-order valence-electron chi connectivity index (χ2n) is 5.34. The predicted molar refractivity (Wildman–Crippen MR) is 101 cm³/mol. The lowest BCUT2D eigenvalue weighted by atomic mass is 10.1. The van der Waals surface area contributed by atoms with Crippen molar-refractivity contribution in [2.75, 3.05) is 0 Å². The molecule has 24 heavy (non-hydrogen) atoms. The minimum absolute atomic E-state index is 0.217. The first-order chi connectivity index (χ1) is 11.6. The second kappa shape index (κ2) is 7.42. The zero-order chi connectivity index (χ0) is 17.0. The fourth-order valence-corrected chi connectivity index (χ4v) is 5.81. The van der Waals surface area contributed by atoms with E-state index in [4.69, 9.17) is 0 Å². The molecule has 0 aliphatic rings. The maximum Gasteiger partial charge on any atom is 0.283 e. The molecule has 6 heteroatoms. The number of rotatable bonds is 5. The Labute approximate surface area is 149 Å². The van der Waals surface area contributed by atoms with Gasteiger partial charge in [0.1, 0.15) is 4.67 Å². The molecule has 3 rings (SSSR count). The molecule has 0 unspecified atom stereocenters. The molecule has 0 N–H and O–H groups in total. The number of benzene rings is 2. The summed E-state index contributed by atoms with van der Waals surface area (Å²) >= 11 is 0. The third-order valence-electron chi connectivity index (χ3n) is 3.50. The molecule has 124 valence electrons. The normalized spacial score (nSPS) is 12.5. The highest BCUT2D eigenvalue weighted by Crippen LogP contribution is 2.26. The molecule has 1 heterocycles. The van der Waals surface area contributed by atoms with Crippen molar-refractivity contribution >= 4 is 30.7 Å². The molecule has 0 saturated carbocycles. The van der Waals surface area contributed by atoms with Crippen LogP contribution < -0.4 is 4.67 Å². The monoisotopic (exact) mass is 375 g/mol. The van der Waals surface area contributed by atoms with E-state index in [1.165, 1.54) is 15.9 Å². The molecule has 0 saturated heterocycles. The fraction of sp³-hybridized carbons (Fsp3) is 0.167. The first-order valence-corrected chi connectivity index (χ1v) is 11.2. The van der Waals surface area contributed by atoms with Gasteiger partial charge in [0, 0.05) is 4.88 Å². The third-order valence-corrected chi connectivity index (χ3v) is 7.22. The number of hydrogen-bond donors (Lipinski definition) is 0. The van der Waals surface area contributed by atoms with Gasteiger partial charge in [-0.15, -0.1) is 4.40 Å². The molecule has 2 aromatic carbocycles. The Morgan fingerprint density at radius 1 is 0.958 bits per heavy atom. The van der Waals surface area contributed by atoms with Crippen LogP contribution in [0.5, 0.6) is 0 Å². The second-order valence-corrected chi connectivity index (χ2v) is 9.14. The van der Waals surface area contributed by atoms with Gasteiger partial charge in [-0.1, -0.05) is 76.5 Å². The van der Waals surface area contributed by atoms with Crippen LogP contribution in [-0.2, 0) is 16.4 Å². The highest BCUT2D eigenvalue weighted by Gasteiger charge is 2.12. The van der Waals surface area contributed by atoms with E-state index in [-0.39, 0.29) is 4.90 Å². The van der Waals surface area contributed by atoms with Crippen molar-refractivity contribution in [3.63, 3.8) is 0 Å². The Kier molecular flexibility index (Phi) is 5.28. The maximum absolute atomic E-state index is 12.3. The summed E-state index contributed by atoms with van der Waals surface area (Å²) in [5, 5.41) is 0. The topological polar surface area (TPSA) is 46.5 Å². The average molecular weight is 376 g/mol. The quantitative estimate of drug-likeness (QED) is 0.606. The fourth-order valence-electron chi connectivity index (χ4n) is 2.31. The van der Waals surface area contributed by atoms with Gasteiger partial charge in [0.05, 0.1) is 4.90 Å². The van der Waals surface area contributed by atoms with Crippen LogP contribution in [0.4, 0.5) is 0 Å². The first kappa shape index (κ1) is 17.1. The largest absolute Gasteiger partial charge is 0.283 e. The summed E-state index contributed by atoms with van der Waals surface area (Å²) in [6.45, 7) is 2.16. The van der Waals surface area contributed by atoms with Crippen molar-refractivity contribution in [1.29, 1.82) is 0 Å². The zero-order valence-electron chi connectivity index (χ0n) is 13.2. The first-order valence-electron chi connectivity index (χ1n) is 7.64. The Bertz CT molecular complexity index is 969. The lowest BCUT2D eigenvalue weighted by Crippen LogP contribution is -2.02. The van der Waals surface area contributed by atoms with Crippen molar-refractivity contribution in [3.8, 4) is 10.4 Å². The molecule has 0 atom stereocenters. The molecule has 3 nitrogen and oxygen atoms in total. The third kappa shape index (κ3) is 4.01. The molecule has 1 aromatic heterocycles. The summed E-state index contributed by atoms with van der Waals surface area (Å²) in [6, 6.07) is 18.6. The van der Waals surface area contributed by atoms with Gasteiger partial charge in [0.2, 0.25) is 0 Å². The Morgan fingerprint density at radius 2 is 1.67 bits per heavy atom.